The van der Waals surface area contributed by atoms with Crippen LogP contribution >= 0.6 is 11.8 Å². The second-order valence-electron chi connectivity index (χ2n) is 5.47. The van der Waals surface area contributed by atoms with Gasteiger partial charge in [-0.05, 0) is 38.4 Å². The van der Waals surface area contributed by atoms with Gasteiger partial charge in [0, 0.05) is 17.8 Å². The topological polar surface area (TPSA) is 41.1 Å². The minimum atomic E-state index is -0.0583. The first-order valence-electron chi connectivity index (χ1n) is 7.82. The molecule has 0 aromatic carbocycles. The average Bonchev–Trinajstić information content (AvgIpc) is 2.82. The van der Waals surface area contributed by atoms with Crippen molar-refractivity contribution in [2.24, 2.45) is 0 Å². The Morgan fingerprint density at radius 2 is 2.11 bits per heavy atom. The lowest BCUT2D eigenvalue weighted by Crippen LogP contribution is -2.46. The van der Waals surface area contributed by atoms with Crippen LogP contribution in [0.4, 0.5) is 0 Å². The van der Waals surface area contributed by atoms with Gasteiger partial charge in [-0.25, -0.2) is 0 Å². The van der Waals surface area contributed by atoms with E-state index in [9.17, 15) is 4.79 Å². The third kappa shape index (κ3) is 6.66. The van der Waals surface area contributed by atoms with E-state index in [0.717, 1.165) is 18.2 Å². The summed E-state index contributed by atoms with van der Waals surface area (Å²) in [6.07, 6.45) is 7.20. The smallest absolute Gasteiger partial charge is 0.236 e. The highest BCUT2D eigenvalue weighted by atomic mass is 32.2. The van der Waals surface area contributed by atoms with Gasteiger partial charge in [0.15, 0.2) is 0 Å². The predicted molar refractivity (Wildman–Crippen MR) is 84.7 cm³/mol. The maximum absolute atomic E-state index is 11.9. The molecule has 1 amide bonds. The molecule has 0 heterocycles. The van der Waals surface area contributed by atoms with Crippen molar-refractivity contribution in [3.63, 3.8) is 0 Å². The second-order valence-corrected chi connectivity index (χ2v) is 7.05. The summed E-state index contributed by atoms with van der Waals surface area (Å²) in [6, 6.07) is 0.470. The number of carbonyl (C=O) groups excluding carboxylic acids is 1. The molecule has 0 aromatic heterocycles. The fourth-order valence-electron chi connectivity index (χ4n) is 2.65. The third-order valence-electron chi connectivity index (χ3n) is 3.75. The molecule has 1 rings (SSSR count). The number of unbranched alkanes of at least 4 members (excludes halogenated alkanes) is 2. The van der Waals surface area contributed by atoms with Gasteiger partial charge < -0.3 is 10.6 Å². The van der Waals surface area contributed by atoms with Crippen LogP contribution in [0, 0.1) is 0 Å². The SMILES string of the molecule is CCCCCNC(=O)C(C)NC1CCC(SCC)C1. The first-order chi connectivity index (χ1) is 9.17. The van der Waals surface area contributed by atoms with Crippen LogP contribution in [0.15, 0.2) is 0 Å². The molecule has 1 aliphatic rings. The van der Waals surface area contributed by atoms with Crippen molar-refractivity contribution in [2.75, 3.05) is 12.3 Å². The second kappa shape index (κ2) is 9.65. The molecule has 112 valence electrons. The van der Waals surface area contributed by atoms with Crippen LogP contribution < -0.4 is 10.6 Å². The molecule has 3 unspecified atom stereocenters. The number of hydrogen-bond donors (Lipinski definition) is 2. The van der Waals surface area contributed by atoms with E-state index >= 15 is 0 Å². The molecule has 0 bridgehead atoms. The monoisotopic (exact) mass is 286 g/mol. The van der Waals surface area contributed by atoms with Crippen LogP contribution in [0.25, 0.3) is 0 Å². The fourth-order valence-corrected chi connectivity index (χ4v) is 3.79. The van der Waals surface area contributed by atoms with E-state index in [1.807, 2.05) is 6.92 Å². The summed E-state index contributed by atoms with van der Waals surface area (Å²) in [5, 5.41) is 7.30. The van der Waals surface area contributed by atoms with Crippen LogP contribution in [-0.2, 0) is 4.79 Å². The van der Waals surface area contributed by atoms with Crippen LogP contribution in [0.5, 0.6) is 0 Å². The molecule has 3 atom stereocenters. The van der Waals surface area contributed by atoms with Gasteiger partial charge in [-0.2, -0.15) is 11.8 Å². The van der Waals surface area contributed by atoms with E-state index < -0.39 is 0 Å². The van der Waals surface area contributed by atoms with Crippen molar-refractivity contribution in [2.45, 2.75) is 76.6 Å². The average molecular weight is 286 g/mol. The molecule has 4 heteroatoms. The lowest BCUT2D eigenvalue weighted by Gasteiger charge is -2.19. The maximum Gasteiger partial charge on any atom is 0.236 e. The van der Waals surface area contributed by atoms with E-state index in [1.54, 1.807) is 0 Å². The van der Waals surface area contributed by atoms with Gasteiger partial charge in [-0.3, -0.25) is 4.79 Å². The zero-order valence-corrected chi connectivity index (χ0v) is 13.5. The molecule has 0 aromatic rings. The molecule has 0 aliphatic heterocycles. The third-order valence-corrected chi connectivity index (χ3v) is 4.98. The Bertz CT molecular complexity index is 261. The van der Waals surface area contributed by atoms with Crippen molar-refractivity contribution < 1.29 is 4.79 Å². The molecule has 19 heavy (non-hydrogen) atoms. The van der Waals surface area contributed by atoms with E-state index in [4.69, 9.17) is 0 Å². The Labute approximate surface area is 122 Å². The summed E-state index contributed by atoms with van der Waals surface area (Å²) in [7, 11) is 0. The standard InChI is InChI=1S/C15H30N2OS/c1-4-6-7-10-16-15(18)12(3)17-13-8-9-14(11-13)19-5-2/h12-14,17H,4-11H2,1-3H3,(H,16,18). The highest BCUT2D eigenvalue weighted by Gasteiger charge is 2.26. The van der Waals surface area contributed by atoms with Gasteiger partial charge >= 0.3 is 0 Å². The quantitative estimate of drug-likeness (QED) is 0.640. The van der Waals surface area contributed by atoms with Gasteiger partial charge in [0.25, 0.3) is 0 Å². The van der Waals surface area contributed by atoms with Gasteiger partial charge in [-0.1, -0.05) is 26.7 Å². The largest absolute Gasteiger partial charge is 0.355 e. The summed E-state index contributed by atoms with van der Waals surface area (Å²) >= 11 is 2.06. The molecular weight excluding hydrogens is 256 g/mol. The predicted octanol–water partition coefficient (Wildman–Crippen LogP) is 2.95. The first-order valence-corrected chi connectivity index (χ1v) is 8.87. The molecular formula is C15H30N2OS. The fraction of sp³-hybridized carbons (Fsp3) is 0.933. The van der Waals surface area contributed by atoms with Crippen molar-refractivity contribution >= 4 is 17.7 Å². The van der Waals surface area contributed by atoms with Crippen molar-refractivity contribution in [3.8, 4) is 0 Å². The van der Waals surface area contributed by atoms with Crippen molar-refractivity contribution in [1.29, 1.82) is 0 Å². The van der Waals surface area contributed by atoms with Gasteiger partial charge in [0.2, 0.25) is 5.91 Å². The molecule has 1 aliphatic carbocycles. The van der Waals surface area contributed by atoms with Gasteiger partial charge in [-0.15, -0.1) is 0 Å². The Morgan fingerprint density at radius 3 is 2.79 bits per heavy atom. The van der Waals surface area contributed by atoms with E-state index in [0.29, 0.717) is 6.04 Å². The number of amides is 1. The van der Waals surface area contributed by atoms with Crippen LogP contribution in [-0.4, -0.2) is 35.5 Å². The number of thioether (sulfide) groups is 1. The highest BCUT2D eigenvalue weighted by molar-refractivity contribution is 7.99. The van der Waals surface area contributed by atoms with Crippen LogP contribution in [0.3, 0.4) is 0 Å². The summed E-state index contributed by atoms with van der Waals surface area (Å²) in [5.74, 6) is 1.35. The summed E-state index contributed by atoms with van der Waals surface area (Å²) < 4.78 is 0. The summed E-state index contributed by atoms with van der Waals surface area (Å²) in [6.45, 7) is 7.20. The number of carbonyl (C=O) groups is 1. The minimum absolute atomic E-state index is 0.0583. The molecule has 1 saturated carbocycles. The Morgan fingerprint density at radius 1 is 1.32 bits per heavy atom. The van der Waals surface area contributed by atoms with E-state index in [1.165, 1.54) is 37.9 Å². The molecule has 0 radical (unpaired) electrons. The zero-order valence-electron chi connectivity index (χ0n) is 12.7. The van der Waals surface area contributed by atoms with Crippen molar-refractivity contribution in [3.05, 3.63) is 0 Å². The summed E-state index contributed by atoms with van der Waals surface area (Å²) in [4.78, 5) is 11.9. The maximum atomic E-state index is 11.9. The van der Waals surface area contributed by atoms with Crippen LogP contribution in [0.2, 0.25) is 0 Å². The summed E-state index contributed by atoms with van der Waals surface area (Å²) in [5.41, 5.74) is 0. The highest BCUT2D eigenvalue weighted by Crippen LogP contribution is 2.29. The van der Waals surface area contributed by atoms with E-state index in [2.05, 4.69) is 36.2 Å². The molecule has 2 N–H and O–H groups in total. The Balaban J connectivity index is 2.16. The Hall–Kier alpha value is -0.220. The minimum Gasteiger partial charge on any atom is -0.355 e. The molecule has 0 spiro atoms. The van der Waals surface area contributed by atoms with Gasteiger partial charge in [0.1, 0.15) is 0 Å². The lowest BCUT2D eigenvalue weighted by atomic mass is 10.2. The number of rotatable bonds is 9. The lowest BCUT2D eigenvalue weighted by molar-refractivity contribution is -0.122. The normalized spacial score (nSPS) is 24.4. The molecule has 3 nitrogen and oxygen atoms in total. The van der Waals surface area contributed by atoms with E-state index in [-0.39, 0.29) is 11.9 Å². The van der Waals surface area contributed by atoms with Crippen molar-refractivity contribution in [1.82, 2.24) is 10.6 Å². The first kappa shape index (κ1) is 16.8. The Kier molecular flexibility index (Phi) is 8.55. The number of hydrogen-bond acceptors (Lipinski definition) is 3. The zero-order chi connectivity index (χ0) is 14.1. The molecule has 1 fully saturated rings. The van der Waals surface area contributed by atoms with Gasteiger partial charge in [0.05, 0.1) is 6.04 Å². The molecule has 0 saturated heterocycles. The van der Waals surface area contributed by atoms with Crippen LogP contribution in [0.1, 0.15) is 59.3 Å². The number of nitrogens with one attached hydrogen (secondary N) is 2.